The molecular formula is C16H17F3N4O4. The molecule has 2 rings (SSSR count). The van der Waals surface area contributed by atoms with Crippen LogP contribution in [0.3, 0.4) is 0 Å². The van der Waals surface area contributed by atoms with Crippen molar-refractivity contribution in [3.8, 4) is 17.2 Å². The molecule has 0 unspecified atom stereocenters. The van der Waals surface area contributed by atoms with Crippen molar-refractivity contribution in [2.45, 2.75) is 12.7 Å². The van der Waals surface area contributed by atoms with Crippen LogP contribution in [0.4, 0.5) is 13.2 Å². The Kier molecular flexibility index (Phi) is 6.27. The van der Waals surface area contributed by atoms with Crippen LogP contribution in [0.5, 0.6) is 17.2 Å². The summed E-state index contributed by atoms with van der Waals surface area (Å²) < 4.78 is 53.9. The van der Waals surface area contributed by atoms with Gasteiger partial charge in [-0.15, -0.1) is 0 Å². The van der Waals surface area contributed by atoms with Crippen molar-refractivity contribution in [2.75, 3.05) is 21.3 Å². The highest BCUT2D eigenvalue weighted by molar-refractivity contribution is 5.89. The summed E-state index contributed by atoms with van der Waals surface area (Å²) in [5.74, 6) is 0.635. The topological polar surface area (TPSA) is 87.0 Å². The van der Waals surface area contributed by atoms with Crippen molar-refractivity contribution in [2.24, 2.45) is 5.10 Å². The van der Waals surface area contributed by atoms with Gasteiger partial charge in [0.1, 0.15) is 23.8 Å². The van der Waals surface area contributed by atoms with E-state index in [0.29, 0.717) is 22.8 Å². The SMILES string of the molecule is COc1cc(OC)c(/C=N\NC(=O)Cn2ccc(C(F)(F)F)n2)c(OC)c1. The van der Waals surface area contributed by atoms with Crippen LogP contribution >= 0.6 is 0 Å². The van der Waals surface area contributed by atoms with Crippen LogP contribution < -0.4 is 19.6 Å². The molecule has 1 heterocycles. The third-order valence-electron chi connectivity index (χ3n) is 3.37. The van der Waals surface area contributed by atoms with Crippen LogP contribution in [-0.4, -0.2) is 43.2 Å². The fourth-order valence-corrected chi connectivity index (χ4v) is 2.11. The summed E-state index contributed by atoms with van der Waals surface area (Å²) in [6.45, 7) is -0.426. The number of rotatable bonds is 7. The average molecular weight is 386 g/mol. The number of hydrogen-bond donors (Lipinski definition) is 1. The number of amides is 1. The monoisotopic (exact) mass is 386 g/mol. The lowest BCUT2D eigenvalue weighted by molar-refractivity contribution is -0.141. The second kappa shape index (κ2) is 8.43. The first-order valence-corrected chi connectivity index (χ1v) is 7.51. The van der Waals surface area contributed by atoms with Crippen LogP contribution in [0.25, 0.3) is 0 Å². The van der Waals surface area contributed by atoms with Gasteiger partial charge < -0.3 is 14.2 Å². The Morgan fingerprint density at radius 1 is 1.22 bits per heavy atom. The van der Waals surface area contributed by atoms with Gasteiger partial charge in [-0.2, -0.15) is 23.4 Å². The Morgan fingerprint density at radius 2 is 1.85 bits per heavy atom. The minimum atomic E-state index is -4.57. The van der Waals surface area contributed by atoms with Gasteiger partial charge in [0, 0.05) is 18.3 Å². The number of alkyl halides is 3. The number of carbonyl (C=O) groups is 1. The quantitative estimate of drug-likeness (QED) is 0.582. The van der Waals surface area contributed by atoms with E-state index in [0.717, 1.165) is 16.9 Å². The number of nitrogens with zero attached hydrogens (tertiary/aromatic N) is 3. The Hall–Kier alpha value is -3.24. The standard InChI is InChI=1S/C16H17F3N4O4/c1-25-10-6-12(26-2)11(13(7-10)27-3)8-20-21-15(24)9-23-5-4-14(22-23)16(17,18)19/h4-8H,9H2,1-3H3,(H,21,24)/b20-8-. The summed E-state index contributed by atoms with van der Waals surface area (Å²) in [6, 6.07) is 3.99. The molecular weight excluding hydrogens is 369 g/mol. The number of methoxy groups -OCH3 is 3. The van der Waals surface area contributed by atoms with Gasteiger partial charge in [0.25, 0.3) is 5.91 Å². The van der Waals surface area contributed by atoms with Gasteiger partial charge in [0.15, 0.2) is 5.69 Å². The Morgan fingerprint density at radius 3 is 2.33 bits per heavy atom. The van der Waals surface area contributed by atoms with Crippen LogP contribution in [-0.2, 0) is 17.5 Å². The predicted octanol–water partition coefficient (Wildman–Crippen LogP) is 2.08. The molecule has 2 aromatic rings. The Balaban J connectivity index is 2.06. The Bertz CT molecular complexity index is 808. The lowest BCUT2D eigenvalue weighted by Gasteiger charge is -2.12. The molecule has 0 spiro atoms. The van der Waals surface area contributed by atoms with E-state index in [1.54, 1.807) is 12.1 Å². The van der Waals surface area contributed by atoms with Crippen LogP contribution in [0.15, 0.2) is 29.5 Å². The van der Waals surface area contributed by atoms with Crippen molar-refractivity contribution < 1.29 is 32.2 Å². The number of benzene rings is 1. The van der Waals surface area contributed by atoms with E-state index in [9.17, 15) is 18.0 Å². The zero-order valence-corrected chi connectivity index (χ0v) is 14.7. The van der Waals surface area contributed by atoms with E-state index in [2.05, 4.69) is 15.6 Å². The summed E-state index contributed by atoms with van der Waals surface area (Å²) in [7, 11) is 4.38. The van der Waals surface area contributed by atoms with Crippen molar-refractivity contribution in [1.29, 1.82) is 0 Å². The highest BCUT2D eigenvalue weighted by Crippen LogP contribution is 2.32. The first-order valence-electron chi connectivity index (χ1n) is 7.51. The molecule has 146 valence electrons. The summed E-state index contributed by atoms with van der Waals surface area (Å²) in [4.78, 5) is 11.8. The number of ether oxygens (including phenoxy) is 3. The van der Waals surface area contributed by atoms with Crippen LogP contribution in [0.2, 0.25) is 0 Å². The summed E-state index contributed by atoms with van der Waals surface area (Å²) in [5, 5.41) is 7.06. The first-order chi connectivity index (χ1) is 12.8. The van der Waals surface area contributed by atoms with Crippen molar-refractivity contribution in [3.05, 3.63) is 35.7 Å². The van der Waals surface area contributed by atoms with Crippen molar-refractivity contribution in [1.82, 2.24) is 15.2 Å². The van der Waals surface area contributed by atoms with E-state index >= 15 is 0 Å². The molecule has 0 aliphatic heterocycles. The zero-order chi connectivity index (χ0) is 20.0. The number of aromatic nitrogens is 2. The van der Waals surface area contributed by atoms with E-state index in [4.69, 9.17) is 14.2 Å². The molecule has 0 fully saturated rings. The van der Waals surface area contributed by atoms with Gasteiger partial charge in [-0.05, 0) is 6.07 Å². The molecule has 11 heteroatoms. The summed E-state index contributed by atoms with van der Waals surface area (Å²) in [5.41, 5.74) is 1.57. The maximum absolute atomic E-state index is 12.5. The second-order valence-electron chi connectivity index (χ2n) is 5.14. The summed E-state index contributed by atoms with van der Waals surface area (Å²) >= 11 is 0. The Labute approximate surface area is 152 Å². The molecule has 0 atom stereocenters. The van der Waals surface area contributed by atoms with E-state index < -0.39 is 24.3 Å². The lowest BCUT2D eigenvalue weighted by atomic mass is 10.2. The largest absolute Gasteiger partial charge is 0.496 e. The average Bonchev–Trinajstić information content (AvgIpc) is 3.10. The van der Waals surface area contributed by atoms with Gasteiger partial charge in [0.05, 0.1) is 33.1 Å². The number of halogens is 3. The highest BCUT2D eigenvalue weighted by atomic mass is 19.4. The van der Waals surface area contributed by atoms with Gasteiger partial charge in [-0.1, -0.05) is 0 Å². The molecule has 0 radical (unpaired) electrons. The molecule has 1 amide bonds. The molecule has 0 bridgehead atoms. The number of nitrogens with one attached hydrogen (secondary N) is 1. The van der Waals surface area contributed by atoms with E-state index in [1.165, 1.54) is 27.5 Å². The fraction of sp³-hybridized carbons (Fsp3) is 0.312. The summed E-state index contributed by atoms with van der Waals surface area (Å²) in [6.07, 6.45) is -2.22. The third-order valence-corrected chi connectivity index (χ3v) is 3.37. The molecule has 1 aromatic heterocycles. The molecule has 0 aliphatic rings. The van der Waals surface area contributed by atoms with Gasteiger partial charge in [-0.3, -0.25) is 9.48 Å². The molecule has 0 saturated carbocycles. The van der Waals surface area contributed by atoms with Gasteiger partial charge in [0.2, 0.25) is 0 Å². The second-order valence-corrected chi connectivity index (χ2v) is 5.14. The number of hydrazone groups is 1. The lowest BCUT2D eigenvalue weighted by Crippen LogP contribution is -2.24. The molecule has 0 aliphatic carbocycles. The third kappa shape index (κ3) is 5.12. The fourth-order valence-electron chi connectivity index (χ4n) is 2.11. The normalized spacial score (nSPS) is 11.5. The van der Waals surface area contributed by atoms with Gasteiger partial charge in [-0.25, -0.2) is 5.43 Å². The van der Waals surface area contributed by atoms with Crippen molar-refractivity contribution in [3.63, 3.8) is 0 Å². The van der Waals surface area contributed by atoms with E-state index in [-0.39, 0.29) is 0 Å². The maximum Gasteiger partial charge on any atom is 0.435 e. The smallest absolute Gasteiger partial charge is 0.435 e. The molecule has 0 saturated heterocycles. The zero-order valence-electron chi connectivity index (χ0n) is 14.7. The predicted molar refractivity (Wildman–Crippen MR) is 89.1 cm³/mol. The number of carbonyl (C=O) groups excluding carboxylic acids is 1. The van der Waals surface area contributed by atoms with Crippen LogP contribution in [0, 0.1) is 0 Å². The minimum Gasteiger partial charge on any atom is -0.496 e. The number of hydrogen-bond acceptors (Lipinski definition) is 6. The molecule has 27 heavy (non-hydrogen) atoms. The molecule has 1 aromatic carbocycles. The first kappa shape index (κ1) is 20.1. The maximum atomic E-state index is 12.5. The van der Waals surface area contributed by atoms with Crippen molar-refractivity contribution >= 4 is 12.1 Å². The van der Waals surface area contributed by atoms with E-state index in [1.807, 2.05) is 0 Å². The van der Waals surface area contributed by atoms with Crippen LogP contribution in [0.1, 0.15) is 11.3 Å². The van der Waals surface area contributed by atoms with Gasteiger partial charge >= 0.3 is 6.18 Å². The molecule has 1 N–H and O–H groups in total. The molecule has 8 nitrogen and oxygen atoms in total. The highest BCUT2D eigenvalue weighted by Gasteiger charge is 2.33. The minimum absolute atomic E-state index is 0.395.